The van der Waals surface area contributed by atoms with Gasteiger partial charge in [-0.15, -0.1) is 0 Å². The van der Waals surface area contributed by atoms with Crippen molar-refractivity contribution in [1.29, 1.82) is 0 Å². The van der Waals surface area contributed by atoms with E-state index in [1.165, 1.54) is 0 Å². The van der Waals surface area contributed by atoms with E-state index in [2.05, 4.69) is 15.8 Å². The van der Waals surface area contributed by atoms with Crippen molar-refractivity contribution in [3.05, 3.63) is 36.1 Å². The minimum absolute atomic E-state index is 0.357. The zero-order valence-electron chi connectivity index (χ0n) is 11.1. The fourth-order valence-electron chi connectivity index (χ4n) is 1.57. The Labute approximate surface area is 111 Å². The summed E-state index contributed by atoms with van der Waals surface area (Å²) in [5.41, 5.74) is 1.72. The van der Waals surface area contributed by atoms with Gasteiger partial charge >= 0.3 is 6.03 Å². The molecule has 0 saturated carbocycles. The number of carbonyl (C=O) groups is 1. The molecule has 1 heterocycles. The number of carbonyl (C=O) groups excluding carboxylic acids is 1. The van der Waals surface area contributed by atoms with Crippen LogP contribution in [0.1, 0.15) is 5.76 Å². The van der Waals surface area contributed by atoms with Crippen molar-refractivity contribution in [2.45, 2.75) is 6.92 Å². The van der Waals surface area contributed by atoms with Gasteiger partial charge in [0, 0.05) is 31.5 Å². The highest BCUT2D eigenvalue weighted by Gasteiger charge is 2.06. The van der Waals surface area contributed by atoms with Gasteiger partial charge in [-0.2, -0.15) is 0 Å². The average Bonchev–Trinajstić information content (AvgIpc) is 2.74. The zero-order valence-corrected chi connectivity index (χ0v) is 11.1. The third-order valence-electron chi connectivity index (χ3n) is 2.49. The fraction of sp³-hybridized carbons (Fsp3) is 0.231. The summed E-state index contributed by atoms with van der Waals surface area (Å²) >= 11 is 0. The summed E-state index contributed by atoms with van der Waals surface area (Å²) in [6.45, 7) is 1.76. The van der Waals surface area contributed by atoms with Crippen LogP contribution in [0.4, 0.5) is 22.0 Å². The van der Waals surface area contributed by atoms with Crippen LogP contribution in [0, 0.1) is 6.92 Å². The van der Waals surface area contributed by atoms with E-state index >= 15 is 0 Å². The van der Waals surface area contributed by atoms with Gasteiger partial charge in [0.25, 0.3) is 0 Å². The Morgan fingerprint density at radius 1 is 1.26 bits per heavy atom. The largest absolute Gasteiger partial charge is 0.378 e. The summed E-state index contributed by atoms with van der Waals surface area (Å²) in [6.07, 6.45) is 0. The molecule has 2 rings (SSSR count). The number of nitrogens with one attached hydrogen (secondary N) is 2. The molecule has 0 aliphatic carbocycles. The van der Waals surface area contributed by atoms with E-state index in [1.807, 2.05) is 43.3 Å². The molecule has 6 heteroatoms. The molecular weight excluding hydrogens is 244 g/mol. The highest BCUT2D eigenvalue weighted by molar-refractivity contribution is 5.99. The molecule has 100 valence electrons. The normalized spacial score (nSPS) is 10.1. The first-order valence-corrected chi connectivity index (χ1v) is 5.83. The Morgan fingerprint density at radius 3 is 2.68 bits per heavy atom. The average molecular weight is 260 g/mol. The third-order valence-corrected chi connectivity index (χ3v) is 2.49. The van der Waals surface area contributed by atoms with E-state index in [9.17, 15) is 4.79 Å². The van der Waals surface area contributed by atoms with Crippen LogP contribution in [0.25, 0.3) is 0 Å². The maximum atomic E-state index is 11.8. The predicted molar refractivity (Wildman–Crippen MR) is 74.7 cm³/mol. The molecule has 2 aromatic rings. The van der Waals surface area contributed by atoms with Crippen molar-refractivity contribution in [2.75, 3.05) is 29.6 Å². The first-order chi connectivity index (χ1) is 9.04. The first kappa shape index (κ1) is 12.9. The topological polar surface area (TPSA) is 70.4 Å². The van der Waals surface area contributed by atoms with Crippen LogP contribution in [0.2, 0.25) is 0 Å². The van der Waals surface area contributed by atoms with Crippen molar-refractivity contribution >= 4 is 23.2 Å². The highest BCUT2D eigenvalue weighted by atomic mass is 16.5. The van der Waals surface area contributed by atoms with Crippen LogP contribution in [0.3, 0.4) is 0 Å². The summed E-state index contributed by atoms with van der Waals surface area (Å²) in [7, 11) is 3.88. The molecule has 0 unspecified atom stereocenters. The summed E-state index contributed by atoms with van der Waals surface area (Å²) in [5.74, 6) is 1.03. The van der Waals surface area contributed by atoms with E-state index < -0.39 is 0 Å². The second-order valence-electron chi connectivity index (χ2n) is 4.35. The van der Waals surface area contributed by atoms with Crippen LogP contribution in [0.5, 0.6) is 0 Å². The lowest BCUT2D eigenvalue weighted by Crippen LogP contribution is -2.19. The van der Waals surface area contributed by atoms with E-state index in [1.54, 1.807) is 13.0 Å². The first-order valence-electron chi connectivity index (χ1n) is 5.83. The zero-order chi connectivity index (χ0) is 13.8. The number of aromatic nitrogens is 1. The molecule has 1 aromatic carbocycles. The molecular formula is C13H16N4O2. The molecule has 19 heavy (non-hydrogen) atoms. The molecule has 0 fully saturated rings. The predicted octanol–water partition coefficient (Wildman–Crippen LogP) is 2.69. The Kier molecular flexibility index (Phi) is 3.70. The summed E-state index contributed by atoms with van der Waals surface area (Å²) < 4.78 is 4.87. The Hall–Kier alpha value is -2.50. The molecule has 1 aromatic heterocycles. The maximum Gasteiger partial charge on any atom is 0.324 e. The molecule has 0 saturated heterocycles. The molecule has 0 atom stereocenters. The molecule has 6 nitrogen and oxygen atoms in total. The standard InChI is InChI=1S/C13H16N4O2/c1-9-7-12(16-19-9)15-13(18)14-10-5-4-6-11(8-10)17(2)3/h4-8H,1-3H3,(H2,14,15,16,18). The second-order valence-corrected chi connectivity index (χ2v) is 4.35. The number of amides is 2. The van der Waals surface area contributed by atoms with E-state index in [0.717, 1.165) is 5.69 Å². The van der Waals surface area contributed by atoms with Crippen molar-refractivity contribution in [1.82, 2.24) is 5.16 Å². The van der Waals surface area contributed by atoms with Crippen LogP contribution >= 0.6 is 0 Å². The van der Waals surface area contributed by atoms with E-state index in [4.69, 9.17) is 4.52 Å². The number of nitrogens with zero attached hydrogens (tertiary/aromatic N) is 2. The van der Waals surface area contributed by atoms with Gasteiger partial charge < -0.3 is 14.7 Å². The van der Waals surface area contributed by atoms with Gasteiger partial charge in [0.05, 0.1) is 0 Å². The summed E-state index contributed by atoms with van der Waals surface area (Å²) in [5, 5.41) is 9.02. The molecule has 2 amide bonds. The van der Waals surface area contributed by atoms with Crippen LogP contribution in [-0.2, 0) is 0 Å². The molecule has 0 bridgehead atoms. The van der Waals surface area contributed by atoms with E-state index in [0.29, 0.717) is 17.3 Å². The summed E-state index contributed by atoms with van der Waals surface area (Å²) in [4.78, 5) is 13.7. The van der Waals surface area contributed by atoms with Gasteiger partial charge in [-0.05, 0) is 25.1 Å². The molecule has 0 aliphatic heterocycles. The Balaban J connectivity index is 2.00. The molecule has 0 aliphatic rings. The number of rotatable bonds is 3. The number of benzene rings is 1. The van der Waals surface area contributed by atoms with Gasteiger partial charge in [0.15, 0.2) is 5.82 Å². The van der Waals surface area contributed by atoms with Crippen LogP contribution < -0.4 is 15.5 Å². The lowest BCUT2D eigenvalue weighted by Gasteiger charge is -2.13. The minimum Gasteiger partial charge on any atom is -0.378 e. The second kappa shape index (κ2) is 5.43. The lowest BCUT2D eigenvalue weighted by molar-refractivity contribution is 0.262. The van der Waals surface area contributed by atoms with Crippen molar-refractivity contribution in [3.63, 3.8) is 0 Å². The van der Waals surface area contributed by atoms with Crippen molar-refractivity contribution in [2.24, 2.45) is 0 Å². The number of anilines is 3. The van der Waals surface area contributed by atoms with Gasteiger partial charge in [-0.1, -0.05) is 11.2 Å². The SMILES string of the molecule is Cc1cc(NC(=O)Nc2cccc(N(C)C)c2)no1. The van der Waals surface area contributed by atoms with Gasteiger partial charge in [0.1, 0.15) is 5.76 Å². The maximum absolute atomic E-state index is 11.8. The quantitative estimate of drug-likeness (QED) is 0.890. The monoisotopic (exact) mass is 260 g/mol. The van der Waals surface area contributed by atoms with E-state index in [-0.39, 0.29) is 6.03 Å². The number of hydrogen-bond acceptors (Lipinski definition) is 4. The van der Waals surface area contributed by atoms with Crippen LogP contribution in [-0.4, -0.2) is 25.3 Å². The molecule has 2 N–H and O–H groups in total. The molecule has 0 radical (unpaired) electrons. The van der Waals surface area contributed by atoms with Crippen molar-refractivity contribution in [3.8, 4) is 0 Å². The number of aryl methyl sites for hydroxylation is 1. The van der Waals surface area contributed by atoms with Crippen molar-refractivity contribution < 1.29 is 9.32 Å². The fourth-order valence-corrected chi connectivity index (χ4v) is 1.57. The van der Waals surface area contributed by atoms with Gasteiger partial charge in [0.2, 0.25) is 0 Å². The minimum atomic E-state index is -0.357. The lowest BCUT2D eigenvalue weighted by atomic mass is 10.2. The Morgan fingerprint density at radius 2 is 2.05 bits per heavy atom. The summed E-state index contributed by atoms with van der Waals surface area (Å²) in [6, 6.07) is 8.84. The number of hydrogen-bond donors (Lipinski definition) is 2. The number of urea groups is 1. The van der Waals surface area contributed by atoms with Gasteiger partial charge in [-0.3, -0.25) is 5.32 Å². The smallest absolute Gasteiger partial charge is 0.324 e. The highest BCUT2D eigenvalue weighted by Crippen LogP contribution is 2.17. The third kappa shape index (κ3) is 3.48. The van der Waals surface area contributed by atoms with Crippen LogP contribution in [0.15, 0.2) is 34.9 Å². The Bertz CT molecular complexity index is 578. The molecule has 0 spiro atoms. The van der Waals surface area contributed by atoms with Gasteiger partial charge in [-0.25, -0.2) is 4.79 Å².